The number of fused-ring (bicyclic) bond motifs is 1. The molecule has 2 heterocycles. The van der Waals surface area contributed by atoms with E-state index < -0.39 is 5.91 Å². The molecule has 20 heavy (non-hydrogen) atoms. The number of carbonyl (C=O) groups is 1. The number of amides is 1. The molecule has 106 valence electrons. The highest BCUT2D eigenvalue weighted by atomic mass is 16.1. The van der Waals surface area contributed by atoms with E-state index in [9.17, 15) is 4.79 Å². The second kappa shape index (κ2) is 5.25. The maximum atomic E-state index is 11.3. The lowest BCUT2D eigenvalue weighted by molar-refractivity contribution is 0.0996. The molecule has 1 aliphatic rings. The first-order chi connectivity index (χ1) is 9.65. The van der Waals surface area contributed by atoms with Crippen molar-refractivity contribution in [1.29, 1.82) is 0 Å². The number of aromatic nitrogens is 2. The third kappa shape index (κ3) is 2.41. The maximum absolute atomic E-state index is 11.3. The van der Waals surface area contributed by atoms with Crippen LogP contribution in [-0.4, -0.2) is 21.9 Å². The molecular formula is C15H20N4O. The van der Waals surface area contributed by atoms with Gasteiger partial charge in [0.1, 0.15) is 5.69 Å². The van der Waals surface area contributed by atoms with Crippen molar-refractivity contribution in [2.75, 3.05) is 0 Å². The summed E-state index contributed by atoms with van der Waals surface area (Å²) in [6, 6.07) is 4.14. The number of hydrogen-bond donors (Lipinski definition) is 3. The van der Waals surface area contributed by atoms with E-state index in [1.807, 2.05) is 12.3 Å². The van der Waals surface area contributed by atoms with Gasteiger partial charge in [0, 0.05) is 18.8 Å². The van der Waals surface area contributed by atoms with Crippen LogP contribution < -0.4 is 11.1 Å². The van der Waals surface area contributed by atoms with Crippen molar-refractivity contribution in [2.45, 2.75) is 38.8 Å². The van der Waals surface area contributed by atoms with Crippen LogP contribution in [0.3, 0.4) is 0 Å². The fourth-order valence-electron chi connectivity index (χ4n) is 2.75. The maximum Gasteiger partial charge on any atom is 0.267 e. The Kier molecular flexibility index (Phi) is 3.44. The predicted molar refractivity (Wildman–Crippen MR) is 78.3 cm³/mol. The van der Waals surface area contributed by atoms with Gasteiger partial charge in [0.05, 0.1) is 11.0 Å². The van der Waals surface area contributed by atoms with E-state index in [2.05, 4.69) is 22.2 Å². The predicted octanol–water partition coefficient (Wildman–Crippen LogP) is 1.94. The Balaban J connectivity index is 1.81. The van der Waals surface area contributed by atoms with Crippen molar-refractivity contribution >= 4 is 16.9 Å². The molecule has 5 heteroatoms. The van der Waals surface area contributed by atoms with Gasteiger partial charge in [0.2, 0.25) is 0 Å². The Morgan fingerprint density at radius 3 is 3.05 bits per heavy atom. The lowest BCUT2D eigenvalue weighted by Crippen LogP contribution is -2.36. The summed E-state index contributed by atoms with van der Waals surface area (Å²) in [6.45, 7) is 2.95. The second-order valence-corrected chi connectivity index (χ2v) is 5.63. The van der Waals surface area contributed by atoms with Gasteiger partial charge in [-0.25, -0.2) is 4.98 Å². The zero-order chi connectivity index (χ0) is 14.1. The SMILES string of the molecule is C[C@H](NCc1cc(C(N)=O)nc2cc[nH]c12)C1CCC1. The average molecular weight is 272 g/mol. The summed E-state index contributed by atoms with van der Waals surface area (Å²) in [7, 11) is 0. The standard InChI is InChI=1S/C15H20N4O/c1-9(10-3-2-4-10)18-8-11-7-13(15(16)20)19-12-5-6-17-14(11)12/h5-7,9-10,17-18H,2-4,8H2,1H3,(H2,16,20)/t9-/m0/s1. The number of nitrogens with one attached hydrogen (secondary N) is 2. The third-order valence-electron chi connectivity index (χ3n) is 4.32. The van der Waals surface area contributed by atoms with Crippen LogP contribution in [0.15, 0.2) is 18.3 Å². The number of hydrogen-bond acceptors (Lipinski definition) is 3. The first-order valence-electron chi connectivity index (χ1n) is 7.15. The number of aromatic amines is 1. The van der Waals surface area contributed by atoms with Crippen molar-refractivity contribution in [3.05, 3.63) is 29.6 Å². The Morgan fingerprint density at radius 2 is 2.40 bits per heavy atom. The molecule has 3 rings (SSSR count). The van der Waals surface area contributed by atoms with Crippen LogP contribution in [-0.2, 0) is 6.54 Å². The summed E-state index contributed by atoms with van der Waals surface area (Å²) in [5.41, 5.74) is 8.47. The zero-order valence-electron chi connectivity index (χ0n) is 11.6. The van der Waals surface area contributed by atoms with Gasteiger partial charge in [-0.3, -0.25) is 4.79 Å². The Bertz CT molecular complexity index is 630. The summed E-state index contributed by atoms with van der Waals surface area (Å²) in [5, 5.41) is 3.55. The molecule has 0 spiro atoms. The van der Waals surface area contributed by atoms with Gasteiger partial charge in [0.15, 0.2) is 0 Å². The highest BCUT2D eigenvalue weighted by molar-refractivity contribution is 5.94. The van der Waals surface area contributed by atoms with Crippen molar-refractivity contribution < 1.29 is 4.79 Å². The molecule has 0 radical (unpaired) electrons. The number of rotatable bonds is 5. The van der Waals surface area contributed by atoms with E-state index >= 15 is 0 Å². The van der Waals surface area contributed by atoms with Gasteiger partial charge in [-0.1, -0.05) is 6.42 Å². The summed E-state index contributed by atoms with van der Waals surface area (Å²) in [6.07, 6.45) is 5.81. The minimum Gasteiger partial charge on any atom is -0.364 e. The van der Waals surface area contributed by atoms with Crippen LogP contribution in [0.25, 0.3) is 11.0 Å². The molecule has 1 saturated carbocycles. The lowest BCUT2D eigenvalue weighted by Gasteiger charge is -2.32. The normalized spacial score (nSPS) is 17.1. The highest BCUT2D eigenvalue weighted by Crippen LogP contribution is 2.29. The quantitative estimate of drug-likeness (QED) is 0.777. The molecule has 0 unspecified atom stereocenters. The van der Waals surface area contributed by atoms with Crippen LogP contribution >= 0.6 is 0 Å². The van der Waals surface area contributed by atoms with E-state index in [0.717, 1.165) is 29.1 Å². The number of nitrogens with zero attached hydrogens (tertiary/aromatic N) is 1. The number of nitrogens with two attached hydrogens (primary N) is 1. The molecule has 0 bridgehead atoms. The zero-order valence-corrected chi connectivity index (χ0v) is 11.6. The van der Waals surface area contributed by atoms with Gasteiger partial charge in [-0.15, -0.1) is 0 Å². The minimum atomic E-state index is -0.485. The molecular weight excluding hydrogens is 252 g/mol. The van der Waals surface area contributed by atoms with Gasteiger partial charge >= 0.3 is 0 Å². The number of pyridine rings is 1. The molecule has 2 aromatic heterocycles. The van der Waals surface area contributed by atoms with Gasteiger partial charge in [-0.2, -0.15) is 0 Å². The monoisotopic (exact) mass is 272 g/mol. The summed E-state index contributed by atoms with van der Waals surface area (Å²) < 4.78 is 0. The van der Waals surface area contributed by atoms with Crippen LogP contribution in [0, 0.1) is 5.92 Å². The molecule has 4 N–H and O–H groups in total. The largest absolute Gasteiger partial charge is 0.364 e. The van der Waals surface area contributed by atoms with Crippen molar-refractivity contribution in [1.82, 2.24) is 15.3 Å². The molecule has 0 aromatic carbocycles. The van der Waals surface area contributed by atoms with Gasteiger partial charge in [-0.05, 0) is 43.4 Å². The van der Waals surface area contributed by atoms with Crippen LogP contribution in [0.2, 0.25) is 0 Å². The number of H-pyrrole nitrogens is 1. The lowest BCUT2D eigenvalue weighted by atomic mass is 9.80. The van der Waals surface area contributed by atoms with Crippen molar-refractivity contribution in [3.63, 3.8) is 0 Å². The second-order valence-electron chi connectivity index (χ2n) is 5.63. The smallest absolute Gasteiger partial charge is 0.267 e. The van der Waals surface area contributed by atoms with Crippen LogP contribution in [0.4, 0.5) is 0 Å². The topological polar surface area (TPSA) is 83.8 Å². The summed E-state index contributed by atoms with van der Waals surface area (Å²) in [4.78, 5) is 18.8. The fraction of sp³-hybridized carbons (Fsp3) is 0.467. The molecule has 5 nitrogen and oxygen atoms in total. The van der Waals surface area contributed by atoms with Gasteiger partial charge < -0.3 is 16.0 Å². The first kappa shape index (κ1) is 13.1. The molecule has 0 saturated heterocycles. The van der Waals surface area contributed by atoms with E-state index in [-0.39, 0.29) is 0 Å². The first-order valence-corrected chi connectivity index (χ1v) is 7.15. The summed E-state index contributed by atoms with van der Waals surface area (Å²) in [5.74, 6) is 0.299. The van der Waals surface area contributed by atoms with E-state index in [4.69, 9.17) is 5.73 Å². The molecule has 0 aliphatic heterocycles. The molecule has 1 atom stereocenters. The van der Waals surface area contributed by atoms with Crippen LogP contribution in [0.1, 0.15) is 42.2 Å². The highest BCUT2D eigenvalue weighted by Gasteiger charge is 2.23. The number of primary amides is 1. The van der Waals surface area contributed by atoms with Gasteiger partial charge in [0.25, 0.3) is 5.91 Å². The number of carbonyl (C=O) groups excluding carboxylic acids is 1. The van der Waals surface area contributed by atoms with E-state index in [0.29, 0.717) is 11.7 Å². The third-order valence-corrected chi connectivity index (χ3v) is 4.32. The fourth-order valence-corrected chi connectivity index (χ4v) is 2.75. The Labute approximate surface area is 118 Å². The summed E-state index contributed by atoms with van der Waals surface area (Å²) >= 11 is 0. The van der Waals surface area contributed by atoms with Crippen molar-refractivity contribution in [2.24, 2.45) is 11.7 Å². The van der Waals surface area contributed by atoms with Crippen molar-refractivity contribution in [3.8, 4) is 0 Å². The average Bonchev–Trinajstić information content (AvgIpc) is 2.81. The molecule has 1 amide bonds. The Hall–Kier alpha value is -1.88. The minimum absolute atomic E-state index is 0.324. The molecule has 1 fully saturated rings. The van der Waals surface area contributed by atoms with Crippen LogP contribution in [0.5, 0.6) is 0 Å². The molecule has 1 aliphatic carbocycles. The molecule has 2 aromatic rings. The van der Waals surface area contributed by atoms with E-state index in [1.165, 1.54) is 19.3 Å². The Morgan fingerprint density at radius 1 is 1.60 bits per heavy atom. The van der Waals surface area contributed by atoms with E-state index in [1.54, 1.807) is 6.07 Å².